The van der Waals surface area contributed by atoms with E-state index in [0.717, 1.165) is 46.5 Å². The van der Waals surface area contributed by atoms with Gasteiger partial charge < -0.3 is 10.1 Å². The Morgan fingerprint density at radius 3 is 2.83 bits per heavy atom. The first-order chi connectivity index (χ1) is 14.1. The minimum atomic E-state index is -0.303. The Kier molecular flexibility index (Phi) is 6.06. The first-order valence-electron chi connectivity index (χ1n) is 9.64. The molecule has 4 rings (SSSR count). The number of carbonyl (C=O) groups excluding carboxylic acids is 1. The van der Waals surface area contributed by atoms with E-state index in [1.165, 1.54) is 23.9 Å². The monoisotopic (exact) mass is 411 g/mol. The maximum atomic E-state index is 13.3. The van der Waals surface area contributed by atoms with Gasteiger partial charge in [0.1, 0.15) is 10.8 Å². The van der Waals surface area contributed by atoms with Crippen molar-refractivity contribution in [3.63, 3.8) is 0 Å². The minimum absolute atomic E-state index is 0.0484. The van der Waals surface area contributed by atoms with E-state index in [9.17, 15) is 9.18 Å². The molecular weight excluding hydrogens is 389 g/mol. The van der Waals surface area contributed by atoms with E-state index in [2.05, 4.69) is 15.3 Å². The molecule has 1 aromatic heterocycles. The van der Waals surface area contributed by atoms with Gasteiger partial charge in [-0.25, -0.2) is 14.4 Å². The lowest BCUT2D eigenvalue weighted by atomic mass is 10.1. The Bertz CT molecular complexity index is 1020. The van der Waals surface area contributed by atoms with Crippen LogP contribution in [0, 0.1) is 12.7 Å². The highest BCUT2D eigenvalue weighted by Crippen LogP contribution is 2.29. The molecular formula is C22H22FN3O2S. The molecule has 0 aliphatic carbocycles. The van der Waals surface area contributed by atoms with Gasteiger partial charge in [0.2, 0.25) is 5.91 Å². The second-order valence-electron chi connectivity index (χ2n) is 7.11. The zero-order valence-electron chi connectivity index (χ0n) is 16.2. The van der Waals surface area contributed by atoms with Gasteiger partial charge in [-0.1, -0.05) is 17.8 Å². The largest absolute Gasteiger partial charge is 0.376 e. The summed E-state index contributed by atoms with van der Waals surface area (Å²) in [5.41, 5.74) is 2.63. The molecule has 1 aliphatic heterocycles. The van der Waals surface area contributed by atoms with E-state index in [1.54, 1.807) is 12.1 Å². The fraction of sp³-hybridized carbons (Fsp3) is 0.318. The van der Waals surface area contributed by atoms with E-state index in [1.807, 2.05) is 25.1 Å². The van der Waals surface area contributed by atoms with Crippen LogP contribution < -0.4 is 5.32 Å². The summed E-state index contributed by atoms with van der Waals surface area (Å²) in [5.74, 6) is 0.427. The zero-order chi connectivity index (χ0) is 20.2. The number of rotatable bonds is 6. The van der Waals surface area contributed by atoms with Crippen molar-refractivity contribution < 1.29 is 13.9 Å². The number of aryl methyl sites for hydroxylation is 1. The summed E-state index contributed by atoms with van der Waals surface area (Å²) in [4.78, 5) is 21.6. The van der Waals surface area contributed by atoms with Gasteiger partial charge in [0.15, 0.2) is 5.82 Å². The molecule has 0 radical (unpaired) electrons. The summed E-state index contributed by atoms with van der Waals surface area (Å²) in [7, 11) is 0. The number of carbonyl (C=O) groups is 1. The number of hydrogen-bond donors (Lipinski definition) is 1. The van der Waals surface area contributed by atoms with Gasteiger partial charge in [0, 0.05) is 24.1 Å². The second-order valence-corrected chi connectivity index (χ2v) is 8.07. The summed E-state index contributed by atoms with van der Waals surface area (Å²) < 4.78 is 18.8. The Morgan fingerprint density at radius 1 is 1.24 bits per heavy atom. The first-order valence-corrected chi connectivity index (χ1v) is 10.6. The predicted molar refractivity (Wildman–Crippen MR) is 112 cm³/mol. The molecule has 0 spiro atoms. The molecule has 7 heteroatoms. The molecule has 1 atom stereocenters. The molecule has 1 N–H and O–H groups in total. The molecule has 2 aromatic carbocycles. The van der Waals surface area contributed by atoms with Crippen molar-refractivity contribution in [3.8, 4) is 11.4 Å². The lowest BCUT2D eigenvalue weighted by molar-refractivity contribution is -0.119. The van der Waals surface area contributed by atoms with Crippen LogP contribution in [0.5, 0.6) is 0 Å². The van der Waals surface area contributed by atoms with Crippen molar-refractivity contribution >= 4 is 28.6 Å². The van der Waals surface area contributed by atoms with Crippen LogP contribution in [-0.2, 0) is 9.53 Å². The molecule has 1 aliphatic rings. The highest BCUT2D eigenvalue weighted by atomic mass is 32.2. The van der Waals surface area contributed by atoms with Crippen molar-refractivity contribution in [2.45, 2.75) is 30.9 Å². The fourth-order valence-corrected chi connectivity index (χ4v) is 4.12. The van der Waals surface area contributed by atoms with Gasteiger partial charge >= 0.3 is 0 Å². The highest BCUT2D eigenvalue weighted by Gasteiger charge is 2.17. The topological polar surface area (TPSA) is 64.1 Å². The molecule has 29 heavy (non-hydrogen) atoms. The zero-order valence-corrected chi connectivity index (χ0v) is 17.0. The normalized spacial score (nSPS) is 16.3. The molecule has 1 fully saturated rings. The number of benzene rings is 2. The molecule has 0 saturated carbocycles. The van der Waals surface area contributed by atoms with Crippen molar-refractivity contribution in [1.29, 1.82) is 0 Å². The van der Waals surface area contributed by atoms with E-state index in [4.69, 9.17) is 4.74 Å². The molecule has 0 bridgehead atoms. The van der Waals surface area contributed by atoms with Gasteiger partial charge in [-0.05, 0) is 61.7 Å². The van der Waals surface area contributed by atoms with E-state index in [0.29, 0.717) is 12.4 Å². The van der Waals surface area contributed by atoms with Gasteiger partial charge in [-0.15, -0.1) is 0 Å². The van der Waals surface area contributed by atoms with Gasteiger partial charge in [-0.2, -0.15) is 0 Å². The molecule has 1 amide bonds. The number of nitrogens with one attached hydrogen (secondary N) is 1. The molecule has 3 aromatic rings. The van der Waals surface area contributed by atoms with Crippen molar-refractivity contribution in [3.05, 3.63) is 53.8 Å². The summed E-state index contributed by atoms with van der Waals surface area (Å²) >= 11 is 1.38. The Hall–Kier alpha value is -2.51. The average molecular weight is 412 g/mol. The molecule has 150 valence electrons. The molecule has 1 saturated heterocycles. The first kappa shape index (κ1) is 19.8. The second kappa shape index (κ2) is 8.88. The lowest BCUT2D eigenvalue weighted by Gasteiger charge is -2.12. The van der Waals surface area contributed by atoms with Gasteiger partial charge in [0.05, 0.1) is 17.4 Å². The van der Waals surface area contributed by atoms with Crippen molar-refractivity contribution in [2.24, 2.45) is 0 Å². The number of ether oxygens (including phenoxy) is 1. The highest BCUT2D eigenvalue weighted by molar-refractivity contribution is 8.00. The number of thioether (sulfide) groups is 1. The van der Waals surface area contributed by atoms with E-state index >= 15 is 0 Å². The van der Waals surface area contributed by atoms with Crippen LogP contribution in [0.15, 0.2) is 47.5 Å². The van der Waals surface area contributed by atoms with E-state index in [-0.39, 0.29) is 23.6 Å². The van der Waals surface area contributed by atoms with E-state index < -0.39 is 0 Å². The smallest absolute Gasteiger partial charge is 0.230 e. The van der Waals surface area contributed by atoms with Crippen LogP contribution in [0.1, 0.15) is 18.4 Å². The number of hydrogen-bond acceptors (Lipinski definition) is 5. The third kappa shape index (κ3) is 4.92. The van der Waals surface area contributed by atoms with Crippen LogP contribution in [0.2, 0.25) is 0 Å². The predicted octanol–water partition coefficient (Wildman–Crippen LogP) is 4.13. The number of amides is 1. The van der Waals surface area contributed by atoms with Crippen molar-refractivity contribution in [1.82, 2.24) is 15.3 Å². The Morgan fingerprint density at radius 2 is 2.07 bits per heavy atom. The van der Waals surface area contributed by atoms with Crippen LogP contribution >= 0.6 is 11.8 Å². The average Bonchev–Trinajstić information content (AvgIpc) is 3.24. The third-order valence-corrected chi connectivity index (χ3v) is 5.80. The molecule has 1 unspecified atom stereocenters. The molecule has 5 nitrogen and oxygen atoms in total. The quantitative estimate of drug-likeness (QED) is 0.488. The third-order valence-electron chi connectivity index (χ3n) is 4.81. The summed E-state index contributed by atoms with van der Waals surface area (Å²) in [6.07, 6.45) is 2.16. The maximum absolute atomic E-state index is 13.3. The summed E-state index contributed by atoms with van der Waals surface area (Å²) in [6.45, 7) is 3.32. The van der Waals surface area contributed by atoms with Crippen LogP contribution in [-0.4, -0.2) is 40.9 Å². The minimum Gasteiger partial charge on any atom is -0.376 e. The lowest BCUT2D eigenvalue weighted by Crippen LogP contribution is -2.32. The summed E-state index contributed by atoms with van der Waals surface area (Å²) in [5, 5.41) is 4.57. The van der Waals surface area contributed by atoms with Crippen molar-refractivity contribution in [2.75, 3.05) is 18.9 Å². The van der Waals surface area contributed by atoms with Crippen LogP contribution in [0.3, 0.4) is 0 Å². The van der Waals surface area contributed by atoms with Gasteiger partial charge in [-0.3, -0.25) is 4.79 Å². The van der Waals surface area contributed by atoms with Gasteiger partial charge in [0.25, 0.3) is 0 Å². The summed E-state index contributed by atoms with van der Waals surface area (Å²) in [6, 6.07) is 12.1. The Labute approximate surface area is 173 Å². The van der Waals surface area contributed by atoms with Crippen LogP contribution in [0.25, 0.3) is 22.3 Å². The SMILES string of the molecule is Cc1ccc2c(SCC(=O)NCC3CCCO3)nc(-c3ccc(F)cc3)nc2c1. The maximum Gasteiger partial charge on any atom is 0.230 e. The number of aromatic nitrogens is 2. The van der Waals surface area contributed by atoms with Crippen LogP contribution in [0.4, 0.5) is 4.39 Å². The Balaban J connectivity index is 1.55. The number of halogens is 1. The number of fused-ring (bicyclic) bond motifs is 1. The molecule has 2 heterocycles. The fourth-order valence-electron chi connectivity index (χ4n) is 3.27. The number of nitrogens with zero attached hydrogens (tertiary/aromatic N) is 2. The standard InChI is InChI=1S/C22H22FN3O2S/c1-14-4-9-18-19(11-14)25-21(15-5-7-16(23)8-6-15)26-22(18)29-13-20(27)24-12-17-3-2-10-28-17/h4-9,11,17H,2-3,10,12-13H2,1H3,(H,24,27).